The highest BCUT2D eigenvalue weighted by Crippen LogP contribution is 2.25. The van der Waals surface area contributed by atoms with E-state index in [0.717, 1.165) is 0 Å². The molecule has 0 spiro atoms. The molecule has 1 rings (SSSR count). The fourth-order valence-electron chi connectivity index (χ4n) is 1.70. The fourth-order valence-corrected chi connectivity index (χ4v) is 2.23. The van der Waals surface area contributed by atoms with Gasteiger partial charge in [-0.05, 0) is 31.5 Å². The molecule has 0 fully saturated rings. The molecule has 20 heavy (non-hydrogen) atoms. The number of esters is 1. The molecule has 1 aromatic carbocycles. The van der Waals surface area contributed by atoms with Gasteiger partial charge in [0.05, 0.1) is 13.0 Å². The van der Waals surface area contributed by atoms with E-state index in [9.17, 15) is 9.59 Å². The van der Waals surface area contributed by atoms with Crippen LogP contribution in [0.25, 0.3) is 0 Å². The van der Waals surface area contributed by atoms with Gasteiger partial charge in [0, 0.05) is 16.6 Å². The van der Waals surface area contributed by atoms with Gasteiger partial charge >= 0.3 is 5.97 Å². The van der Waals surface area contributed by atoms with Crippen LogP contribution in [0, 0.1) is 0 Å². The van der Waals surface area contributed by atoms with Crippen LogP contribution in [-0.4, -0.2) is 36.5 Å². The minimum Gasteiger partial charge on any atom is -0.465 e. The van der Waals surface area contributed by atoms with Gasteiger partial charge in [0.2, 0.25) is 5.91 Å². The first-order valence-corrected chi connectivity index (χ1v) is 7.11. The van der Waals surface area contributed by atoms with Crippen LogP contribution in [0.1, 0.15) is 19.4 Å². The molecule has 1 aromatic rings. The zero-order chi connectivity index (χ0) is 15.1. The number of hydrogen-bond donors (Lipinski definition) is 0. The Bertz CT molecular complexity index is 471. The zero-order valence-corrected chi connectivity index (χ0v) is 13.0. The third-order valence-corrected chi connectivity index (χ3v) is 3.46. The maximum Gasteiger partial charge on any atom is 0.325 e. The van der Waals surface area contributed by atoms with Crippen molar-refractivity contribution in [3.8, 4) is 0 Å². The van der Waals surface area contributed by atoms with E-state index >= 15 is 0 Å². The van der Waals surface area contributed by atoms with Crippen molar-refractivity contribution in [1.29, 1.82) is 0 Å². The molecule has 0 unspecified atom stereocenters. The summed E-state index contributed by atoms with van der Waals surface area (Å²) in [5.74, 6) is -0.636. The first kappa shape index (κ1) is 16.8. The van der Waals surface area contributed by atoms with E-state index in [1.807, 2.05) is 0 Å². The van der Waals surface area contributed by atoms with Crippen molar-refractivity contribution in [3.63, 3.8) is 0 Å². The quantitative estimate of drug-likeness (QED) is 0.758. The Morgan fingerprint density at radius 1 is 1.20 bits per heavy atom. The number of carbonyl (C=O) groups excluding carboxylic acids is 2. The molecule has 0 N–H and O–H groups in total. The van der Waals surface area contributed by atoms with Crippen molar-refractivity contribution in [2.75, 3.05) is 19.7 Å². The zero-order valence-electron chi connectivity index (χ0n) is 11.5. The number of likely N-dealkylation sites (N-methyl/N-ethyl adjacent to an activating group) is 1. The fraction of sp³-hybridized carbons (Fsp3) is 0.429. The van der Waals surface area contributed by atoms with Crippen LogP contribution in [0.4, 0.5) is 0 Å². The number of nitrogens with zero attached hydrogens (tertiary/aromatic N) is 1. The van der Waals surface area contributed by atoms with Crippen molar-refractivity contribution < 1.29 is 14.3 Å². The number of halogens is 2. The molecule has 0 saturated carbocycles. The largest absolute Gasteiger partial charge is 0.465 e. The van der Waals surface area contributed by atoms with Gasteiger partial charge in [-0.1, -0.05) is 29.3 Å². The average molecular weight is 318 g/mol. The van der Waals surface area contributed by atoms with Gasteiger partial charge < -0.3 is 9.64 Å². The van der Waals surface area contributed by atoms with E-state index in [1.54, 1.807) is 32.0 Å². The summed E-state index contributed by atoms with van der Waals surface area (Å²) in [4.78, 5) is 25.0. The predicted molar refractivity (Wildman–Crippen MR) is 79.1 cm³/mol. The second-order valence-electron chi connectivity index (χ2n) is 4.09. The summed E-state index contributed by atoms with van der Waals surface area (Å²) in [6, 6.07) is 5.07. The van der Waals surface area contributed by atoms with Crippen LogP contribution in [0.2, 0.25) is 10.0 Å². The lowest BCUT2D eigenvalue weighted by Crippen LogP contribution is -2.37. The summed E-state index contributed by atoms with van der Waals surface area (Å²) >= 11 is 12.1. The van der Waals surface area contributed by atoms with E-state index in [1.165, 1.54) is 4.90 Å². The van der Waals surface area contributed by atoms with Crippen molar-refractivity contribution in [1.82, 2.24) is 4.90 Å². The third kappa shape index (κ3) is 4.69. The van der Waals surface area contributed by atoms with E-state index in [-0.39, 0.29) is 18.9 Å². The Balaban J connectivity index is 2.75. The molecule has 0 aliphatic rings. The molecule has 0 radical (unpaired) electrons. The molecule has 0 atom stereocenters. The van der Waals surface area contributed by atoms with Gasteiger partial charge in [-0.2, -0.15) is 0 Å². The minimum absolute atomic E-state index is 0.0613. The molecule has 0 aliphatic carbocycles. The molecule has 0 aromatic heterocycles. The second kappa shape index (κ2) is 8.12. The van der Waals surface area contributed by atoms with Gasteiger partial charge in [0.1, 0.15) is 6.54 Å². The maximum atomic E-state index is 12.2. The smallest absolute Gasteiger partial charge is 0.325 e. The molecular weight excluding hydrogens is 301 g/mol. The van der Waals surface area contributed by atoms with Crippen LogP contribution in [0.3, 0.4) is 0 Å². The van der Waals surface area contributed by atoms with Crippen LogP contribution < -0.4 is 0 Å². The minimum atomic E-state index is -0.423. The molecule has 1 amide bonds. The predicted octanol–water partition coefficient (Wildman–Crippen LogP) is 2.95. The lowest BCUT2D eigenvalue weighted by Gasteiger charge is -2.20. The third-order valence-electron chi connectivity index (χ3n) is 2.75. The maximum absolute atomic E-state index is 12.2. The molecule has 0 saturated heterocycles. The Morgan fingerprint density at radius 3 is 2.30 bits per heavy atom. The van der Waals surface area contributed by atoms with Gasteiger partial charge in [0.15, 0.2) is 0 Å². The van der Waals surface area contributed by atoms with E-state index < -0.39 is 5.97 Å². The molecule has 0 heterocycles. The summed E-state index contributed by atoms with van der Waals surface area (Å²) in [7, 11) is 0. The van der Waals surface area contributed by atoms with Gasteiger partial charge in [-0.15, -0.1) is 0 Å². The topological polar surface area (TPSA) is 46.6 Å². The number of carbonyl (C=O) groups is 2. The summed E-state index contributed by atoms with van der Waals surface area (Å²) in [5, 5.41) is 0.885. The second-order valence-corrected chi connectivity index (χ2v) is 4.90. The van der Waals surface area contributed by atoms with E-state index in [0.29, 0.717) is 28.8 Å². The Kier molecular flexibility index (Phi) is 6.82. The highest BCUT2D eigenvalue weighted by molar-refractivity contribution is 6.36. The first-order chi connectivity index (χ1) is 9.49. The lowest BCUT2D eigenvalue weighted by molar-refractivity contribution is -0.148. The Hall–Kier alpha value is -1.26. The van der Waals surface area contributed by atoms with Crippen molar-refractivity contribution in [2.24, 2.45) is 0 Å². The van der Waals surface area contributed by atoms with Crippen LogP contribution in [0.5, 0.6) is 0 Å². The standard InChI is InChI=1S/C14H17Cl2NO3/c1-3-17(9-14(19)20-4-2)13(18)8-10-11(15)6-5-7-12(10)16/h5-7H,3-4,8-9H2,1-2H3. The number of amides is 1. The number of hydrogen-bond acceptors (Lipinski definition) is 3. The van der Waals surface area contributed by atoms with Crippen molar-refractivity contribution >= 4 is 35.1 Å². The van der Waals surface area contributed by atoms with Gasteiger partial charge in [-0.25, -0.2) is 0 Å². The molecular formula is C14H17Cl2NO3. The first-order valence-electron chi connectivity index (χ1n) is 6.35. The molecule has 0 aliphatic heterocycles. The normalized spacial score (nSPS) is 10.2. The van der Waals surface area contributed by atoms with E-state index in [2.05, 4.69) is 0 Å². The summed E-state index contributed by atoms with van der Waals surface area (Å²) < 4.78 is 4.84. The summed E-state index contributed by atoms with van der Waals surface area (Å²) in [6.07, 6.45) is 0.0613. The Labute approximate surface area is 128 Å². The molecule has 110 valence electrons. The average Bonchev–Trinajstić information content (AvgIpc) is 2.40. The summed E-state index contributed by atoms with van der Waals surface area (Å²) in [5.41, 5.74) is 0.572. The van der Waals surface area contributed by atoms with Crippen LogP contribution in [0.15, 0.2) is 18.2 Å². The van der Waals surface area contributed by atoms with Crippen molar-refractivity contribution in [2.45, 2.75) is 20.3 Å². The highest BCUT2D eigenvalue weighted by atomic mass is 35.5. The number of ether oxygens (including phenoxy) is 1. The monoisotopic (exact) mass is 317 g/mol. The SMILES string of the molecule is CCOC(=O)CN(CC)C(=O)Cc1c(Cl)cccc1Cl. The molecule has 6 heteroatoms. The highest BCUT2D eigenvalue weighted by Gasteiger charge is 2.18. The molecule has 4 nitrogen and oxygen atoms in total. The van der Waals surface area contributed by atoms with Gasteiger partial charge in [0.25, 0.3) is 0 Å². The van der Waals surface area contributed by atoms with E-state index in [4.69, 9.17) is 27.9 Å². The summed E-state index contributed by atoms with van der Waals surface area (Å²) in [6.45, 7) is 4.16. The van der Waals surface area contributed by atoms with Crippen molar-refractivity contribution in [3.05, 3.63) is 33.8 Å². The Morgan fingerprint density at radius 2 is 1.80 bits per heavy atom. The molecule has 0 bridgehead atoms. The van der Waals surface area contributed by atoms with Gasteiger partial charge in [-0.3, -0.25) is 9.59 Å². The van der Waals surface area contributed by atoms with Crippen LogP contribution in [-0.2, 0) is 20.7 Å². The van der Waals surface area contributed by atoms with Crippen LogP contribution >= 0.6 is 23.2 Å². The lowest BCUT2D eigenvalue weighted by atomic mass is 10.1. The number of benzene rings is 1. The number of rotatable bonds is 6.